The summed E-state index contributed by atoms with van der Waals surface area (Å²) in [6.07, 6.45) is 2.22. The summed E-state index contributed by atoms with van der Waals surface area (Å²) < 4.78 is 18.9. The van der Waals surface area contributed by atoms with Crippen LogP contribution in [0.4, 0.5) is 10.2 Å². The number of rotatable bonds is 3. The van der Waals surface area contributed by atoms with Gasteiger partial charge in [0.1, 0.15) is 11.6 Å². The second-order valence-corrected chi connectivity index (χ2v) is 5.19. The zero-order valence-corrected chi connectivity index (χ0v) is 11.1. The number of carbonyl (C=O) groups excluding carboxylic acids is 1. The second kappa shape index (κ2) is 4.74. The van der Waals surface area contributed by atoms with Crippen LogP contribution in [0.15, 0.2) is 34.9 Å². The van der Waals surface area contributed by atoms with Crippen LogP contribution in [-0.4, -0.2) is 11.1 Å². The molecule has 2 aromatic rings. The molecule has 1 N–H and O–H groups in total. The summed E-state index contributed by atoms with van der Waals surface area (Å²) in [6.45, 7) is 1.75. The molecule has 0 unspecified atom stereocenters. The molecule has 1 heterocycles. The number of amides is 1. The van der Waals surface area contributed by atoms with Gasteiger partial charge in [0.05, 0.1) is 5.41 Å². The fourth-order valence-corrected chi connectivity index (χ4v) is 2.66. The van der Waals surface area contributed by atoms with Crippen LogP contribution in [0.3, 0.4) is 0 Å². The summed E-state index contributed by atoms with van der Waals surface area (Å²) in [4.78, 5) is 12.5. The minimum atomic E-state index is -0.780. The summed E-state index contributed by atoms with van der Waals surface area (Å²) in [5.74, 6) is 0.435. The monoisotopic (exact) mass is 274 g/mol. The van der Waals surface area contributed by atoms with Crippen molar-refractivity contribution in [1.82, 2.24) is 5.16 Å². The number of hydrogen-bond acceptors (Lipinski definition) is 3. The van der Waals surface area contributed by atoms with E-state index in [-0.39, 0.29) is 11.7 Å². The molecule has 104 valence electrons. The number of anilines is 1. The number of aryl methyl sites for hydroxylation is 1. The minimum absolute atomic E-state index is 0.220. The average Bonchev–Trinajstić information content (AvgIpc) is 2.76. The van der Waals surface area contributed by atoms with Gasteiger partial charge < -0.3 is 9.84 Å². The van der Waals surface area contributed by atoms with E-state index in [1.165, 1.54) is 6.07 Å². The fraction of sp³-hybridized carbons (Fsp3) is 0.333. The van der Waals surface area contributed by atoms with Crippen LogP contribution in [0, 0.1) is 12.7 Å². The number of aromatic nitrogens is 1. The lowest BCUT2D eigenvalue weighted by molar-refractivity contribution is -0.124. The first-order chi connectivity index (χ1) is 9.62. The zero-order chi connectivity index (χ0) is 14.2. The van der Waals surface area contributed by atoms with Gasteiger partial charge in [0.15, 0.2) is 5.82 Å². The standard InChI is InChI=1S/C15H15FN2O2/c1-10-9-13(18-20-10)17-14(19)15(7-4-8-15)11-5-2-3-6-12(11)16/h2-3,5-6,9H,4,7-8H2,1H3,(H,17,18,19). The average molecular weight is 274 g/mol. The molecule has 0 saturated heterocycles. The normalized spacial score (nSPS) is 16.5. The van der Waals surface area contributed by atoms with Crippen molar-refractivity contribution in [3.63, 3.8) is 0 Å². The maximum atomic E-state index is 14.0. The van der Waals surface area contributed by atoms with Crippen LogP contribution in [-0.2, 0) is 10.2 Å². The number of hydrogen-bond donors (Lipinski definition) is 1. The Morgan fingerprint density at radius 3 is 2.70 bits per heavy atom. The van der Waals surface area contributed by atoms with Gasteiger partial charge in [0.25, 0.3) is 0 Å². The molecule has 1 aromatic carbocycles. The summed E-state index contributed by atoms with van der Waals surface area (Å²) in [5.41, 5.74) is -0.318. The quantitative estimate of drug-likeness (QED) is 0.935. The molecule has 3 rings (SSSR count). The minimum Gasteiger partial charge on any atom is -0.360 e. The van der Waals surface area contributed by atoms with Crippen LogP contribution in [0.5, 0.6) is 0 Å². The predicted molar refractivity (Wildman–Crippen MR) is 71.8 cm³/mol. The first kappa shape index (κ1) is 12.8. The summed E-state index contributed by atoms with van der Waals surface area (Å²) in [5, 5.41) is 6.46. The van der Waals surface area contributed by atoms with Crippen molar-refractivity contribution in [1.29, 1.82) is 0 Å². The van der Waals surface area contributed by atoms with Crippen molar-refractivity contribution in [3.8, 4) is 0 Å². The van der Waals surface area contributed by atoms with E-state index in [2.05, 4.69) is 10.5 Å². The molecule has 1 saturated carbocycles. The number of nitrogens with zero attached hydrogens (tertiary/aromatic N) is 1. The van der Waals surface area contributed by atoms with E-state index in [1.807, 2.05) is 0 Å². The molecule has 1 aliphatic carbocycles. The van der Waals surface area contributed by atoms with E-state index >= 15 is 0 Å². The molecule has 20 heavy (non-hydrogen) atoms. The lowest BCUT2D eigenvalue weighted by Crippen LogP contribution is -2.46. The van der Waals surface area contributed by atoms with Crippen molar-refractivity contribution < 1.29 is 13.7 Å². The highest BCUT2D eigenvalue weighted by Crippen LogP contribution is 2.45. The van der Waals surface area contributed by atoms with E-state index < -0.39 is 5.41 Å². The summed E-state index contributed by atoms with van der Waals surface area (Å²) >= 11 is 0. The number of benzene rings is 1. The SMILES string of the molecule is Cc1cc(NC(=O)C2(c3ccccc3F)CCC2)no1. The lowest BCUT2D eigenvalue weighted by Gasteiger charge is -2.40. The number of halogens is 1. The molecule has 0 spiro atoms. The Balaban J connectivity index is 1.89. The first-order valence-corrected chi connectivity index (χ1v) is 6.62. The zero-order valence-electron chi connectivity index (χ0n) is 11.1. The van der Waals surface area contributed by atoms with E-state index in [9.17, 15) is 9.18 Å². The highest BCUT2D eigenvalue weighted by atomic mass is 19.1. The van der Waals surface area contributed by atoms with Gasteiger partial charge in [0.2, 0.25) is 5.91 Å². The topological polar surface area (TPSA) is 55.1 Å². The molecular weight excluding hydrogens is 259 g/mol. The third-order valence-electron chi connectivity index (χ3n) is 3.90. The highest BCUT2D eigenvalue weighted by molar-refractivity contribution is 5.99. The molecule has 0 bridgehead atoms. The third kappa shape index (κ3) is 1.99. The molecule has 1 aromatic heterocycles. The van der Waals surface area contributed by atoms with Gasteiger partial charge in [-0.3, -0.25) is 4.79 Å². The maximum absolute atomic E-state index is 14.0. The molecule has 0 aliphatic heterocycles. The Morgan fingerprint density at radius 2 is 2.15 bits per heavy atom. The van der Waals surface area contributed by atoms with Gasteiger partial charge in [-0.2, -0.15) is 0 Å². The van der Waals surface area contributed by atoms with E-state index in [4.69, 9.17) is 4.52 Å². The Kier molecular flexibility index (Phi) is 3.04. The highest BCUT2D eigenvalue weighted by Gasteiger charge is 2.47. The molecule has 1 fully saturated rings. The Labute approximate surface area is 116 Å². The van der Waals surface area contributed by atoms with Crippen LogP contribution in [0.1, 0.15) is 30.6 Å². The van der Waals surface area contributed by atoms with Crippen LogP contribution < -0.4 is 5.32 Å². The molecule has 0 atom stereocenters. The van der Waals surface area contributed by atoms with E-state index in [1.54, 1.807) is 31.2 Å². The smallest absolute Gasteiger partial charge is 0.236 e. The summed E-state index contributed by atoms with van der Waals surface area (Å²) in [6, 6.07) is 8.10. The molecular formula is C15H15FN2O2. The molecule has 5 heteroatoms. The largest absolute Gasteiger partial charge is 0.360 e. The van der Waals surface area contributed by atoms with Crippen molar-refractivity contribution in [3.05, 3.63) is 47.5 Å². The maximum Gasteiger partial charge on any atom is 0.236 e. The lowest BCUT2D eigenvalue weighted by atomic mass is 9.63. The molecule has 1 amide bonds. The van der Waals surface area contributed by atoms with Crippen LogP contribution in [0.25, 0.3) is 0 Å². The van der Waals surface area contributed by atoms with Gasteiger partial charge in [-0.05, 0) is 25.8 Å². The van der Waals surface area contributed by atoms with Crippen molar-refractivity contribution >= 4 is 11.7 Å². The van der Waals surface area contributed by atoms with Crippen LogP contribution >= 0.6 is 0 Å². The van der Waals surface area contributed by atoms with Gasteiger partial charge >= 0.3 is 0 Å². The van der Waals surface area contributed by atoms with Gasteiger partial charge in [0, 0.05) is 11.6 Å². The van der Waals surface area contributed by atoms with E-state index in [0.717, 1.165) is 6.42 Å². The molecule has 1 aliphatic rings. The fourth-order valence-electron chi connectivity index (χ4n) is 2.66. The number of carbonyl (C=O) groups is 1. The van der Waals surface area contributed by atoms with E-state index in [0.29, 0.717) is 30.0 Å². The van der Waals surface area contributed by atoms with Gasteiger partial charge in [-0.1, -0.05) is 29.8 Å². The first-order valence-electron chi connectivity index (χ1n) is 6.62. The molecule has 4 nitrogen and oxygen atoms in total. The Hall–Kier alpha value is -2.17. The Morgan fingerprint density at radius 1 is 1.40 bits per heavy atom. The van der Waals surface area contributed by atoms with Crippen molar-refractivity contribution in [2.75, 3.05) is 5.32 Å². The van der Waals surface area contributed by atoms with Gasteiger partial charge in [-0.15, -0.1) is 0 Å². The van der Waals surface area contributed by atoms with Crippen molar-refractivity contribution in [2.45, 2.75) is 31.6 Å². The Bertz CT molecular complexity index is 647. The summed E-state index contributed by atoms with van der Waals surface area (Å²) in [7, 11) is 0. The molecule has 0 radical (unpaired) electrons. The predicted octanol–water partition coefficient (Wildman–Crippen LogP) is 3.18. The third-order valence-corrected chi connectivity index (χ3v) is 3.90. The van der Waals surface area contributed by atoms with Gasteiger partial charge in [-0.25, -0.2) is 4.39 Å². The second-order valence-electron chi connectivity index (χ2n) is 5.19. The van der Waals surface area contributed by atoms with Crippen LogP contribution in [0.2, 0.25) is 0 Å². The van der Waals surface area contributed by atoms with Crippen molar-refractivity contribution in [2.24, 2.45) is 0 Å². The number of nitrogens with one attached hydrogen (secondary N) is 1.